The van der Waals surface area contributed by atoms with Gasteiger partial charge in [-0.3, -0.25) is 10.1 Å². The molecule has 2 N–H and O–H groups in total. The molecule has 1 heterocycles. The lowest BCUT2D eigenvalue weighted by Crippen LogP contribution is -2.34. The number of carbonyl (C=O) groups is 2. The summed E-state index contributed by atoms with van der Waals surface area (Å²) in [5.41, 5.74) is 0.828. The first-order valence-corrected chi connectivity index (χ1v) is 8.54. The molecule has 0 unspecified atom stereocenters. The highest BCUT2D eigenvalue weighted by atomic mass is 32.2. The second-order valence-electron chi connectivity index (χ2n) is 4.92. The lowest BCUT2D eigenvalue weighted by atomic mass is 10.0. The Labute approximate surface area is 145 Å². The van der Waals surface area contributed by atoms with Crippen LogP contribution < -0.4 is 10.6 Å². The molecule has 0 radical (unpaired) electrons. The molecule has 0 aliphatic carbocycles. The van der Waals surface area contributed by atoms with Gasteiger partial charge in [0.05, 0.1) is 19.6 Å². The van der Waals surface area contributed by atoms with Gasteiger partial charge in [-0.2, -0.15) is 0 Å². The maximum atomic E-state index is 12.2. The van der Waals surface area contributed by atoms with Gasteiger partial charge in [-0.25, -0.2) is 9.78 Å². The number of hydrogen-bond acceptors (Lipinski definition) is 5. The van der Waals surface area contributed by atoms with Gasteiger partial charge in [0, 0.05) is 11.1 Å². The molecular formula is C17H19N3O3S. The first-order valence-electron chi connectivity index (χ1n) is 7.31. The average molecular weight is 345 g/mol. The molecule has 24 heavy (non-hydrogen) atoms. The van der Waals surface area contributed by atoms with E-state index in [2.05, 4.69) is 15.6 Å². The Bertz CT molecular complexity index is 677. The Kier molecular flexibility index (Phi) is 6.62. The predicted octanol–water partition coefficient (Wildman–Crippen LogP) is 3.23. The predicted molar refractivity (Wildman–Crippen MR) is 94.0 cm³/mol. The molecule has 0 saturated carbocycles. The summed E-state index contributed by atoms with van der Waals surface area (Å²) in [5.74, 6) is 0.0385. The summed E-state index contributed by atoms with van der Waals surface area (Å²) >= 11 is 1.62. The summed E-state index contributed by atoms with van der Waals surface area (Å²) in [7, 11) is 1.32. The molecule has 2 amide bonds. The number of nitrogens with one attached hydrogen (secondary N) is 2. The molecule has 2 rings (SSSR count). The number of carbonyl (C=O) groups excluding carboxylic acids is 2. The summed E-state index contributed by atoms with van der Waals surface area (Å²) < 4.78 is 4.72. The van der Waals surface area contributed by atoms with Crippen molar-refractivity contribution in [3.05, 3.63) is 54.2 Å². The van der Waals surface area contributed by atoms with Gasteiger partial charge in [-0.05, 0) is 36.1 Å². The van der Waals surface area contributed by atoms with Crippen molar-refractivity contribution >= 4 is 29.6 Å². The third-order valence-corrected chi connectivity index (χ3v) is 4.07. The van der Waals surface area contributed by atoms with E-state index in [1.54, 1.807) is 36.2 Å². The number of benzene rings is 1. The van der Waals surface area contributed by atoms with E-state index < -0.39 is 18.0 Å². The fraction of sp³-hybridized carbons (Fsp3) is 0.235. The molecule has 0 aliphatic heterocycles. The number of pyridine rings is 1. The highest BCUT2D eigenvalue weighted by Crippen LogP contribution is 2.22. The van der Waals surface area contributed by atoms with Gasteiger partial charge in [0.1, 0.15) is 5.82 Å². The second-order valence-corrected chi connectivity index (χ2v) is 5.80. The van der Waals surface area contributed by atoms with Crippen LogP contribution in [0, 0.1) is 0 Å². The standard InChI is InChI=1S/C17H19N3O3S/c1-23-16(21)11-14(12-6-8-13(24-2)9-7-12)19-17(22)20-15-5-3-4-10-18-15/h3-10,14H,11H2,1-2H3,(H2,18,19,20,22)/t14-/m0/s1. The minimum absolute atomic E-state index is 0.0464. The smallest absolute Gasteiger partial charge is 0.320 e. The number of rotatable bonds is 6. The molecule has 6 nitrogen and oxygen atoms in total. The Morgan fingerprint density at radius 2 is 1.96 bits per heavy atom. The van der Waals surface area contributed by atoms with Crippen LogP contribution in [0.15, 0.2) is 53.6 Å². The van der Waals surface area contributed by atoms with Crippen molar-refractivity contribution in [1.82, 2.24) is 10.3 Å². The molecule has 2 aromatic rings. The number of amides is 2. The zero-order chi connectivity index (χ0) is 17.4. The van der Waals surface area contributed by atoms with Crippen molar-refractivity contribution < 1.29 is 14.3 Å². The fourth-order valence-corrected chi connectivity index (χ4v) is 2.49. The number of aromatic nitrogens is 1. The Hall–Kier alpha value is -2.54. The van der Waals surface area contributed by atoms with Gasteiger partial charge in [0.25, 0.3) is 0 Å². The van der Waals surface area contributed by atoms with Crippen LogP contribution in [0.5, 0.6) is 0 Å². The van der Waals surface area contributed by atoms with Crippen LogP contribution in [-0.2, 0) is 9.53 Å². The Morgan fingerprint density at radius 3 is 2.54 bits per heavy atom. The van der Waals surface area contributed by atoms with E-state index >= 15 is 0 Å². The van der Waals surface area contributed by atoms with E-state index in [4.69, 9.17) is 4.74 Å². The number of thioether (sulfide) groups is 1. The maximum Gasteiger partial charge on any atom is 0.320 e. The highest BCUT2D eigenvalue weighted by molar-refractivity contribution is 7.98. The van der Waals surface area contributed by atoms with Crippen LogP contribution in [0.1, 0.15) is 18.0 Å². The van der Waals surface area contributed by atoms with Gasteiger partial charge >= 0.3 is 12.0 Å². The van der Waals surface area contributed by atoms with E-state index in [-0.39, 0.29) is 6.42 Å². The minimum Gasteiger partial charge on any atom is -0.469 e. The molecule has 0 spiro atoms. The number of ether oxygens (including phenoxy) is 1. The molecule has 0 bridgehead atoms. The van der Waals surface area contributed by atoms with Crippen molar-refractivity contribution in [2.45, 2.75) is 17.4 Å². The van der Waals surface area contributed by atoms with E-state index in [1.807, 2.05) is 30.5 Å². The SMILES string of the molecule is COC(=O)C[C@H](NC(=O)Nc1ccccn1)c1ccc(SC)cc1. The Morgan fingerprint density at radius 1 is 1.21 bits per heavy atom. The third-order valence-electron chi connectivity index (χ3n) is 3.33. The molecule has 0 saturated heterocycles. The number of nitrogens with zero attached hydrogens (tertiary/aromatic N) is 1. The van der Waals surface area contributed by atoms with Gasteiger partial charge in [0.2, 0.25) is 0 Å². The topological polar surface area (TPSA) is 80.3 Å². The summed E-state index contributed by atoms with van der Waals surface area (Å²) in [5, 5.41) is 5.43. The zero-order valence-corrected chi connectivity index (χ0v) is 14.3. The second kappa shape index (κ2) is 8.93. The van der Waals surface area contributed by atoms with E-state index in [9.17, 15) is 9.59 Å². The first kappa shape index (κ1) is 17.8. The van der Waals surface area contributed by atoms with Crippen LogP contribution in [0.25, 0.3) is 0 Å². The largest absolute Gasteiger partial charge is 0.469 e. The lowest BCUT2D eigenvalue weighted by Gasteiger charge is -2.18. The van der Waals surface area contributed by atoms with Crippen molar-refractivity contribution in [3.8, 4) is 0 Å². The Balaban J connectivity index is 2.09. The van der Waals surface area contributed by atoms with E-state index in [1.165, 1.54) is 7.11 Å². The molecule has 1 aromatic carbocycles. The highest BCUT2D eigenvalue weighted by Gasteiger charge is 2.19. The maximum absolute atomic E-state index is 12.2. The zero-order valence-electron chi connectivity index (χ0n) is 13.5. The molecular weight excluding hydrogens is 326 g/mol. The van der Waals surface area contributed by atoms with Crippen LogP contribution in [0.2, 0.25) is 0 Å². The van der Waals surface area contributed by atoms with Crippen LogP contribution in [0.3, 0.4) is 0 Å². The minimum atomic E-state index is -0.489. The van der Waals surface area contributed by atoms with E-state index in [0.717, 1.165) is 10.5 Å². The van der Waals surface area contributed by atoms with Gasteiger partial charge in [-0.15, -0.1) is 11.8 Å². The van der Waals surface area contributed by atoms with Crippen molar-refractivity contribution in [3.63, 3.8) is 0 Å². The number of anilines is 1. The van der Waals surface area contributed by atoms with Crippen molar-refractivity contribution in [2.75, 3.05) is 18.7 Å². The van der Waals surface area contributed by atoms with Gasteiger partial charge in [0.15, 0.2) is 0 Å². The van der Waals surface area contributed by atoms with Gasteiger partial charge < -0.3 is 10.1 Å². The quantitative estimate of drug-likeness (QED) is 0.621. The van der Waals surface area contributed by atoms with Crippen LogP contribution in [-0.4, -0.2) is 30.3 Å². The number of methoxy groups -OCH3 is 1. The molecule has 0 fully saturated rings. The van der Waals surface area contributed by atoms with E-state index in [0.29, 0.717) is 5.82 Å². The van der Waals surface area contributed by atoms with Crippen molar-refractivity contribution in [2.24, 2.45) is 0 Å². The van der Waals surface area contributed by atoms with Crippen LogP contribution >= 0.6 is 11.8 Å². The normalized spacial score (nSPS) is 11.4. The molecule has 1 aromatic heterocycles. The summed E-state index contributed by atoms with van der Waals surface area (Å²) in [6.45, 7) is 0. The monoisotopic (exact) mass is 345 g/mol. The summed E-state index contributed by atoms with van der Waals surface area (Å²) in [6, 6.07) is 12.0. The van der Waals surface area contributed by atoms with Gasteiger partial charge in [-0.1, -0.05) is 18.2 Å². The van der Waals surface area contributed by atoms with Crippen LogP contribution in [0.4, 0.5) is 10.6 Å². The summed E-state index contributed by atoms with van der Waals surface area (Å²) in [4.78, 5) is 29.0. The number of esters is 1. The molecule has 7 heteroatoms. The summed E-state index contributed by atoms with van der Waals surface area (Å²) in [6.07, 6.45) is 3.62. The number of urea groups is 1. The third kappa shape index (κ3) is 5.27. The lowest BCUT2D eigenvalue weighted by molar-refractivity contribution is -0.141. The number of hydrogen-bond donors (Lipinski definition) is 2. The average Bonchev–Trinajstić information content (AvgIpc) is 2.62. The van der Waals surface area contributed by atoms with Crippen molar-refractivity contribution in [1.29, 1.82) is 0 Å². The first-order chi connectivity index (χ1) is 11.6. The molecule has 0 aliphatic rings. The fourth-order valence-electron chi connectivity index (χ4n) is 2.09. The molecule has 126 valence electrons. The molecule has 1 atom stereocenters.